The largest absolute Gasteiger partial charge is 0.379 e. The van der Waals surface area contributed by atoms with E-state index in [0.29, 0.717) is 30.8 Å². The van der Waals surface area contributed by atoms with Gasteiger partial charge in [0.25, 0.3) is 0 Å². The van der Waals surface area contributed by atoms with Crippen molar-refractivity contribution < 1.29 is 8.78 Å². The molecule has 0 unspecified atom stereocenters. The van der Waals surface area contributed by atoms with Crippen molar-refractivity contribution in [1.29, 1.82) is 0 Å². The minimum absolute atomic E-state index is 0.181. The number of hydrogen-bond acceptors (Lipinski definition) is 3. The molecule has 2 atom stereocenters. The average molecular weight is 437 g/mol. The third-order valence-corrected chi connectivity index (χ3v) is 5.81. The number of allylic oxidation sites excluding steroid dienone is 1. The van der Waals surface area contributed by atoms with Crippen LogP contribution in [0.1, 0.15) is 36.6 Å². The fourth-order valence-electron chi connectivity index (χ4n) is 3.87. The van der Waals surface area contributed by atoms with Crippen LogP contribution in [0.15, 0.2) is 48.6 Å². The zero-order chi connectivity index (χ0) is 20.5. The second kappa shape index (κ2) is 8.30. The van der Waals surface area contributed by atoms with E-state index in [2.05, 4.69) is 10.3 Å². The molecule has 1 aromatic carbocycles. The summed E-state index contributed by atoms with van der Waals surface area (Å²) in [5.41, 5.74) is 8.51. The number of pyridine rings is 1. The van der Waals surface area contributed by atoms with Gasteiger partial charge in [-0.05, 0) is 18.4 Å². The maximum absolute atomic E-state index is 14.3. The number of aromatic nitrogens is 2. The zero-order valence-electron chi connectivity index (χ0n) is 15.5. The summed E-state index contributed by atoms with van der Waals surface area (Å²) in [6, 6.07) is 10.9. The molecule has 0 saturated carbocycles. The summed E-state index contributed by atoms with van der Waals surface area (Å²) in [4.78, 5) is 4.25. The first-order valence-electron chi connectivity index (χ1n) is 9.33. The van der Waals surface area contributed by atoms with Gasteiger partial charge in [-0.1, -0.05) is 65.7 Å². The van der Waals surface area contributed by atoms with Crippen molar-refractivity contribution in [3.8, 4) is 0 Å². The van der Waals surface area contributed by atoms with Gasteiger partial charge in [-0.25, -0.2) is 4.98 Å². The molecule has 0 bridgehead atoms. The molecule has 3 aromatic rings. The summed E-state index contributed by atoms with van der Waals surface area (Å²) in [7, 11) is 0. The number of benzene rings is 1. The first kappa shape index (κ1) is 20.1. The summed E-state index contributed by atoms with van der Waals surface area (Å²) < 4.78 is 29.5. The third-order valence-electron chi connectivity index (χ3n) is 5.25. The van der Waals surface area contributed by atoms with Gasteiger partial charge in [0.1, 0.15) is 10.7 Å². The number of nitrogens with zero attached hydrogens (tertiary/aromatic N) is 2. The lowest BCUT2D eigenvalue weighted by molar-refractivity contribution is 0.0707. The number of halogens is 4. The van der Waals surface area contributed by atoms with Crippen molar-refractivity contribution in [1.82, 2.24) is 9.55 Å². The van der Waals surface area contributed by atoms with Gasteiger partial charge in [0.15, 0.2) is 0 Å². The van der Waals surface area contributed by atoms with E-state index >= 15 is 0 Å². The molecule has 2 aromatic heterocycles. The van der Waals surface area contributed by atoms with E-state index in [9.17, 15) is 8.78 Å². The molecule has 0 radical (unpaired) electrons. The van der Waals surface area contributed by atoms with Gasteiger partial charge in [-0.3, -0.25) is 4.57 Å². The third kappa shape index (κ3) is 3.84. The standard InChI is InChI=1S/C21H20Cl2F2N4/c22-16-10-15(27-11-12-6-2-1-3-7-12)20-18(28-16)17(23)19(29(20)21(24)25)13-8-4-5-9-14(13)26/h1-7,10,13-14,21H,8-9,11,26H2,(H,27,28)/t13-,14-/m0/s1. The molecule has 0 spiro atoms. The molecular weight excluding hydrogens is 417 g/mol. The van der Waals surface area contributed by atoms with Gasteiger partial charge < -0.3 is 11.1 Å². The highest BCUT2D eigenvalue weighted by Gasteiger charge is 2.33. The zero-order valence-corrected chi connectivity index (χ0v) is 17.0. The molecular formula is C21H20Cl2F2N4. The Hall–Kier alpha value is -2.15. The lowest BCUT2D eigenvalue weighted by Crippen LogP contribution is -2.31. The number of fused-ring (bicyclic) bond motifs is 1. The topological polar surface area (TPSA) is 55.9 Å². The van der Waals surface area contributed by atoms with Crippen LogP contribution in [-0.2, 0) is 6.54 Å². The smallest absolute Gasteiger partial charge is 0.319 e. The minimum Gasteiger partial charge on any atom is -0.379 e. The highest BCUT2D eigenvalue weighted by molar-refractivity contribution is 6.37. The van der Waals surface area contributed by atoms with Gasteiger partial charge in [0, 0.05) is 30.3 Å². The van der Waals surface area contributed by atoms with Crippen molar-refractivity contribution in [3.63, 3.8) is 0 Å². The van der Waals surface area contributed by atoms with Gasteiger partial charge in [0.2, 0.25) is 0 Å². The Bertz CT molecular complexity index is 1050. The molecule has 0 amide bonds. The molecule has 1 aliphatic rings. The maximum Gasteiger partial charge on any atom is 0.319 e. The normalized spacial score (nSPS) is 19.2. The fraction of sp³-hybridized carbons (Fsp3) is 0.286. The van der Waals surface area contributed by atoms with Gasteiger partial charge in [-0.15, -0.1) is 0 Å². The van der Waals surface area contributed by atoms with Crippen LogP contribution in [-0.4, -0.2) is 15.6 Å². The summed E-state index contributed by atoms with van der Waals surface area (Å²) in [5, 5.41) is 3.58. The number of hydrogen-bond donors (Lipinski definition) is 2. The molecule has 2 heterocycles. The monoisotopic (exact) mass is 436 g/mol. The lowest BCUT2D eigenvalue weighted by Gasteiger charge is -2.27. The number of anilines is 1. The molecule has 0 saturated heterocycles. The predicted octanol–water partition coefficient (Wildman–Crippen LogP) is 6.11. The molecule has 152 valence electrons. The number of rotatable bonds is 5. The molecule has 8 heteroatoms. The van der Waals surface area contributed by atoms with Gasteiger partial charge in [0.05, 0.1) is 16.2 Å². The number of nitrogens with two attached hydrogens (primary N) is 1. The van der Waals surface area contributed by atoms with E-state index in [4.69, 9.17) is 28.9 Å². The summed E-state index contributed by atoms with van der Waals surface area (Å²) in [6.45, 7) is -2.35. The highest BCUT2D eigenvalue weighted by atomic mass is 35.5. The second-order valence-corrected chi connectivity index (χ2v) is 7.85. The Morgan fingerprint density at radius 1 is 1.17 bits per heavy atom. The molecule has 3 N–H and O–H groups in total. The van der Waals surface area contributed by atoms with E-state index in [1.54, 1.807) is 6.07 Å². The lowest BCUT2D eigenvalue weighted by atomic mass is 9.87. The molecule has 0 fully saturated rings. The number of nitrogens with one attached hydrogen (secondary N) is 1. The summed E-state index contributed by atoms with van der Waals surface area (Å²) >= 11 is 12.8. The first-order chi connectivity index (χ1) is 14.0. The Balaban J connectivity index is 1.86. The minimum atomic E-state index is -2.79. The van der Waals surface area contributed by atoms with Crippen LogP contribution in [0.3, 0.4) is 0 Å². The van der Waals surface area contributed by atoms with Crippen molar-refractivity contribution >= 4 is 39.9 Å². The summed E-state index contributed by atoms with van der Waals surface area (Å²) in [5.74, 6) is -0.323. The Morgan fingerprint density at radius 3 is 2.59 bits per heavy atom. The van der Waals surface area contributed by atoms with Crippen LogP contribution in [0, 0.1) is 0 Å². The second-order valence-electron chi connectivity index (χ2n) is 7.09. The van der Waals surface area contributed by atoms with Crippen LogP contribution in [0.5, 0.6) is 0 Å². The van der Waals surface area contributed by atoms with E-state index in [-0.39, 0.29) is 33.2 Å². The molecule has 4 rings (SSSR count). The van der Waals surface area contributed by atoms with Crippen LogP contribution >= 0.6 is 23.2 Å². The highest BCUT2D eigenvalue weighted by Crippen LogP contribution is 2.44. The first-order valence-corrected chi connectivity index (χ1v) is 10.1. The van der Waals surface area contributed by atoms with Gasteiger partial charge in [-0.2, -0.15) is 8.78 Å². The maximum atomic E-state index is 14.3. The van der Waals surface area contributed by atoms with Crippen LogP contribution in [0.4, 0.5) is 14.5 Å². The fourth-order valence-corrected chi connectivity index (χ4v) is 4.43. The Labute approximate surface area is 177 Å². The van der Waals surface area contributed by atoms with Crippen LogP contribution in [0.2, 0.25) is 10.2 Å². The van der Waals surface area contributed by atoms with E-state index in [1.807, 2.05) is 42.5 Å². The van der Waals surface area contributed by atoms with E-state index in [1.165, 1.54) is 0 Å². The average Bonchev–Trinajstić information content (AvgIpc) is 3.00. The molecule has 29 heavy (non-hydrogen) atoms. The molecule has 1 aliphatic carbocycles. The van der Waals surface area contributed by atoms with Crippen molar-refractivity contribution in [2.24, 2.45) is 5.73 Å². The molecule has 0 aliphatic heterocycles. The van der Waals surface area contributed by atoms with Crippen molar-refractivity contribution in [2.75, 3.05) is 5.32 Å². The van der Waals surface area contributed by atoms with Crippen LogP contribution < -0.4 is 11.1 Å². The Morgan fingerprint density at radius 2 is 1.90 bits per heavy atom. The summed E-state index contributed by atoms with van der Waals surface area (Å²) in [6.07, 6.45) is 5.07. The quantitative estimate of drug-likeness (QED) is 0.374. The Kier molecular flexibility index (Phi) is 5.76. The van der Waals surface area contributed by atoms with Crippen molar-refractivity contribution in [3.05, 3.63) is 70.0 Å². The SMILES string of the molecule is N[C@H]1CC=CC[C@@H]1c1c(Cl)c2nc(Cl)cc(NCc3ccccc3)c2n1C(F)F. The van der Waals surface area contributed by atoms with E-state index < -0.39 is 6.55 Å². The predicted molar refractivity (Wildman–Crippen MR) is 114 cm³/mol. The van der Waals surface area contributed by atoms with E-state index in [0.717, 1.165) is 10.1 Å². The van der Waals surface area contributed by atoms with Crippen molar-refractivity contribution in [2.45, 2.75) is 37.9 Å². The molecule has 4 nitrogen and oxygen atoms in total. The van der Waals surface area contributed by atoms with Gasteiger partial charge >= 0.3 is 6.55 Å². The number of alkyl halides is 2. The van der Waals surface area contributed by atoms with Crippen LogP contribution in [0.25, 0.3) is 11.0 Å².